The molecule has 1 aliphatic rings. The molecule has 0 saturated carbocycles. The molecule has 3 aromatic carbocycles. The van der Waals surface area contributed by atoms with Crippen molar-refractivity contribution in [1.82, 2.24) is 15.1 Å². The third kappa shape index (κ3) is 4.08. The SMILES string of the molecule is CCOc1ccc(C2c3c(-c4cc(Cl)ccc4O)n[nH]c3C(=O)N2Cc2ccccc2)cc1OC. The number of nitrogens with one attached hydrogen (secondary N) is 1. The molecular formula is C27H24ClN3O4. The monoisotopic (exact) mass is 489 g/mol. The number of amides is 1. The molecule has 0 saturated heterocycles. The second-order valence-corrected chi connectivity index (χ2v) is 8.62. The summed E-state index contributed by atoms with van der Waals surface area (Å²) < 4.78 is 11.3. The summed E-state index contributed by atoms with van der Waals surface area (Å²) in [5.74, 6) is 1.04. The molecule has 1 unspecified atom stereocenters. The minimum absolute atomic E-state index is 0.0284. The van der Waals surface area contributed by atoms with E-state index < -0.39 is 6.04 Å². The number of methoxy groups -OCH3 is 1. The summed E-state index contributed by atoms with van der Waals surface area (Å²) in [7, 11) is 1.59. The maximum Gasteiger partial charge on any atom is 0.273 e. The number of aromatic nitrogens is 2. The highest BCUT2D eigenvalue weighted by molar-refractivity contribution is 6.31. The molecule has 4 aromatic rings. The van der Waals surface area contributed by atoms with Crippen LogP contribution >= 0.6 is 11.6 Å². The molecule has 1 amide bonds. The van der Waals surface area contributed by atoms with E-state index in [0.717, 1.165) is 11.1 Å². The van der Waals surface area contributed by atoms with E-state index in [0.29, 0.717) is 52.2 Å². The Hall–Kier alpha value is -3.97. The number of ether oxygens (including phenoxy) is 2. The zero-order valence-electron chi connectivity index (χ0n) is 19.3. The van der Waals surface area contributed by atoms with Gasteiger partial charge in [-0.3, -0.25) is 9.89 Å². The second kappa shape index (κ2) is 9.35. The van der Waals surface area contributed by atoms with E-state index in [4.69, 9.17) is 21.1 Å². The van der Waals surface area contributed by atoms with Gasteiger partial charge < -0.3 is 19.5 Å². The predicted molar refractivity (Wildman–Crippen MR) is 133 cm³/mol. The van der Waals surface area contributed by atoms with E-state index in [1.807, 2.05) is 55.5 Å². The average molecular weight is 490 g/mol. The van der Waals surface area contributed by atoms with Crippen LogP contribution in [0.1, 0.15) is 40.1 Å². The van der Waals surface area contributed by atoms with E-state index >= 15 is 0 Å². The molecule has 5 rings (SSSR count). The van der Waals surface area contributed by atoms with Crippen molar-refractivity contribution in [1.29, 1.82) is 0 Å². The number of carbonyl (C=O) groups excluding carboxylic acids is 1. The van der Waals surface area contributed by atoms with Gasteiger partial charge >= 0.3 is 0 Å². The lowest BCUT2D eigenvalue weighted by Crippen LogP contribution is -2.29. The predicted octanol–water partition coefficient (Wildman–Crippen LogP) is 5.59. The summed E-state index contributed by atoms with van der Waals surface area (Å²) in [4.78, 5) is 15.4. The van der Waals surface area contributed by atoms with Gasteiger partial charge in [0.05, 0.1) is 19.8 Å². The van der Waals surface area contributed by atoms with Crippen LogP contribution < -0.4 is 9.47 Å². The molecule has 2 N–H and O–H groups in total. The highest BCUT2D eigenvalue weighted by Crippen LogP contribution is 2.46. The molecule has 2 heterocycles. The Bertz CT molecular complexity index is 1390. The number of carbonyl (C=O) groups is 1. The molecule has 0 spiro atoms. The van der Waals surface area contributed by atoms with Gasteiger partial charge in [0.1, 0.15) is 17.1 Å². The number of benzene rings is 3. The van der Waals surface area contributed by atoms with Gasteiger partial charge in [0.2, 0.25) is 0 Å². The molecule has 35 heavy (non-hydrogen) atoms. The maximum atomic E-state index is 13.6. The highest BCUT2D eigenvalue weighted by atomic mass is 35.5. The first-order valence-corrected chi connectivity index (χ1v) is 11.6. The van der Waals surface area contributed by atoms with Gasteiger partial charge in [-0.25, -0.2) is 0 Å². The fourth-order valence-electron chi connectivity index (χ4n) is 4.52. The van der Waals surface area contributed by atoms with Gasteiger partial charge in [-0.05, 0) is 48.4 Å². The van der Waals surface area contributed by atoms with Crippen molar-refractivity contribution in [3.05, 3.63) is 94.1 Å². The fraction of sp³-hybridized carbons (Fsp3) is 0.185. The number of hydrogen-bond acceptors (Lipinski definition) is 5. The number of fused-ring (bicyclic) bond motifs is 1. The molecule has 0 bridgehead atoms. The van der Waals surface area contributed by atoms with E-state index in [-0.39, 0.29) is 11.7 Å². The molecule has 1 aromatic heterocycles. The number of phenolic OH excluding ortho intramolecular Hbond substituents is 1. The molecule has 0 aliphatic carbocycles. The molecule has 1 aliphatic heterocycles. The smallest absolute Gasteiger partial charge is 0.273 e. The number of halogens is 1. The number of rotatable bonds is 7. The summed E-state index contributed by atoms with van der Waals surface area (Å²) in [6, 6.07) is 19.7. The number of H-pyrrole nitrogens is 1. The van der Waals surface area contributed by atoms with Gasteiger partial charge in [-0.1, -0.05) is 48.0 Å². The van der Waals surface area contributed by atoms with Gasteiger partial charge in [0, 0.05) is 22.7 Å². The zero-order valence-corrected chi connectivity index (χ0v) is 20.0. The van der Waals surface area contributed by atoms with Crippen LogP contribution in [0.15, 0.2) is 66.7 Å². The van der Waals surface area contributed by atoms with E-state index in [2.05, 4.69) is 10.2 Å². The van der Waals surface area contributed by atoms with E-state index in [9.17, 15) is 9.90 Å². The lowest BCUT2D eigenvalue weighted by molar-refractivity contribution is 0.0730. The first-order chi connectivity index (χ1) is 17.0. The first-order valence-electron chi connectivity index (χ1n) is 11.2. The Morgan fingerprint density at radius 1 is 1.09 bits per heavy atom. The molecule has 0 fully saturated rings. The molecule has 1 atom stereocenters. The Morgan fingerprint density at radius 3 is 2.63 bits per heavy atom. The Balaban J connectivity index is 1.68. The second-order valence-electron chi connectivity index (χ2n) is 8.19. The van der Waals surface area contributed by atoms with Crippen LogP contribution in [0.4, 0.5) is 0 Å². The van der Waals surface area contributed by atoms with Crippen molar-refractivity contribution < 1.29 is 19.4 Å². The number of aromatic hydroxyl groups is 1. The van der Waals surface area contributed by atoms with Crippen molar-refractivity contribution in [2.24, 2.45) is 0 Å². The standard InChI is InChI=1S/C27H24ClN3O4/c1-3-35-21-12-9-17(13-22(21)34-2)26-23-24(19-14-18(28)10-11-20(19)32)29-30-25(23)27(33)31(26)15-16-7-5-4-6-8-16/h4-14,26,32H,3,15H2,1-2H3,(H,29,30). The average Bonchev–Trinajstić information content (AvgIpc) is 3.41. The molecule has 178 valence electrons. The van der Waals surface area contributed by atoms with Crippen LogP contribution in [0.25, 0.3) is 11.3 Å². The minimum atomic E-state index is -0.477. The van der Waals surface area contributed by atoms with Gasteiger partial charge in [0.25, 0.3) is 5.91 Å². The molecule has 0 radical (unpaired) electrons. The molecule has 7 nitrogen and oxygen atoms in total. The fourth-order valence-corrected chi connectivity index (χ4v) is 4.69. The third-order valence-electron chi connectivity index (χ3n) is 6.08. The largest absolute Gasteiger partial charge is 0.507 e. The highest BCUT2D eigenvalue weighted by Gasteiger charge is 2.42. The number of nitrogens with zero attached hydrogens (tertiary/aromatic N) is 2. The number of phenols is 1. The van der Waals surface area contributed by atoms with Crippen LogP contribution in [0.5, 0.6) is 17.2 Å². The lowest BCUT2D eigenvalue weighted by Gasteiger charge is -2.27. The summed E-state index contributed by atoms with van der Waals surface area (Å²) in [6.07, 6.45) is 0. The van der Waals surface area contributed by atoms with Crippen molar-refractivity contribution in [3.63, 3.8) is 0 Å². The Labute approximate surface area is 207 Å². The maximum absolute atomic E-state index is 13.6. The van der Waals surface area contributed by atoms with Crippen molar-refractivity contribution in [2.75, 3.05) is 13.7 Å². The van der Waals surface area contributed by atoms with Crippen molar-refractivity contribution in [2.45, 2.75) is 19.5 Å². The Morgan fingerprint density at radius 2 is 1.89 bits per heavy atom. The molecule has 8 heteroatoms. The summed E-state index contributed by atoms with van der Waals surface area (Å²) >= 11 is 6.23. The first kappa shape index (κ1) is 22.8. The third-order valence-corrected chi connectivity index (χ3v) is 6.31. The molecular weight excluding hydrogens is 466 g/mol. The van der Waals surface area contributed by atoms with Gasteiger partial charge in [-0.2, -0.15) is 5.10 Å². The summed E-state index contributed by atoms with van der Waals surface area (Å²) in [6.45, 7) is 2.80. The quantitative estimate of drug-likeness (QED) is 0.353. The van der Waals surface area contributed by atoms with Gasteiger partial charge in [0.15, 0.2) is 11.5 Å². The van der Waals surface area contributed by atoms with Crippen molar-refractivity contribution in [3.8, 4) is 28.5 Å². The lowest BCUT2D eigenvalue weighted by atomic mass is 9.95. The van der Waals surface area contributed by atoms with Crippen molar-refractivity contribution >= 4 is 17.5 Å². The van der Waals surface area contributed by atoms with Gasteiger partial charge in [-0.15, -0.1) is 0 Å². The van der Waals surface area contributed by atoms with Crippen LogP contribution in [0.3, 0.4) is 0 Å². The van der Waals surface area contributed by atoms with Crippen LogP contribution in [0, 0.1) is 0 Å². The topological polar surface area (TPSA) is 87.7 Å². The number of hydrogen-bond donors (Lipinski definition) is 2. The van der Waals surface area contributed by atoms with Crippen LogP contribution in [0.2, 0.25) is 5.02 Å². The summed E-state index contributed by atoms with van der Waals surface area (Å²) in [5.41, 5.74) is 3.81. The zero-order chi connectivity index (χ0) is 24.5. The van der Waals surface area contributed by atoms with Crippen LogP contribution in [-0.4, -0.2) is 39.8 Å². The van der Waals surface area contributed by atoms with Crippen LogP contribution in [-0.2, 0) is 6.54 Å². The van der Waals surface area contributed by atoms with E-state index in [1.165, 1.54) is 6.07 Å². The summed E-state index contributed by atoms with van der Waals surface area (Å²) in [5, 5.41) is 18.4. The number of aromatic amines is 1. The Kier molecular flexibility index (Phi) is 6.09. The minimum Gasteiger partial charge on any atom is -0.507 e. The normalized spacial score (nSPS) is 14.8. The van der Waals surface area contributed by atoms with E-state index in [1.54, 1.807) is 24.1 Å².